The van der Waals surface area contributed by atoms with Gasteiger partial charge in [-0.1, -0.05) is 0 Å². The molecule has 0 radical (unpaired) electrons. The summed E-state index contributed by atoms with van der Waals surface area (Å²) in [6.07, 6.45) is 1.37. The van der Waals surface area contributed by atoms with Gasteiger partial charge in [-0.15, -0.1) is 0 Å². The maximum absolute atomic E-state index is 10.5. The van der Waals surface area contributed by atoms with Gasteiger partial charge in [-0.3, -0.25) is 0 Å². The van der Waals surface area contributed by atoms with Crippen molar-refractivity contribution in [2.75, 3.05) is 20.4 Å². The molecule has 0 aromatic carbocycles. The molecule has 0 aromatic heterocycles. The van der Waals surface area contributed by atoms with E-state index in [0.717, 1.165) is 0 Å². The number of aliphatic hydroxyl groups is 1. The van der Waals surface area contributed by atoms with E-state index in [0.29, 0.717) is 5.70 Å². The van der Waals surface area contributed by atoms with Crippen LogP contribution in [-0.2, 0) is 9.53 Å². The van der Waals surface area contributed by atoms with Crippen molar-refractivity contribution in [3.8, 4) is 0 Å². The molecule has 1 aliphatic rings. The average molecular weight is 143 g/mol. The third kappa shape index (κ3) is 1.27. The van der Waals surface area contributed by atoms with Crippen LogP contribution in [0.4, 0.5) is 0 Å². The minimum atomic E-state index is -0.338. The summed E-state index contributed by atoms with van der Waals surface area (Å²) < 4.78 is 4.60. The molecule has 4 heteroatoms. The summed E-state index contributed by atoms with van der Waals surface area (Å²) in [6, 6.07) is 0. The Morgan fingerprint density at radius 2 is 2.60 bits per heavy atom. The summed E-state index contributed by atoms with van der Waals surface area (Å²) in [4.78, 5) is 12.0. The van der Waals surface area contributed by atoms with E-state index in [2.05, 4.69) is 4.74 Å². The fraction of sp³-hybridized carbons (Fsp3) is 0.500. The van der Waals surface area contributed by atoms with Crippen molar-refractivity contribution in [2.24, 2.45) is 0 Å². The van der Waals surface area contributed by atoms with Gasteiger partial charge in [-0.25, -0.2) is 4.79 Å². The van der Waals surface area contributed by atoms with Gasteiger partial charge in [-0.2, -0.15) is 0 Å². The van der Waals surface area contributed by atoms with Crippen LogP contribution < -0.4 is 0 Å². The van der Waals surface area contributed by atoms with E-state index in [1.807, 2.05) is 0 Å². The number of esters is 1. The van der Waals surface area contributed by atoms with Crippen LogP contribution >= 0.6 is 0 Å². The van der Waals surface area contributed by atoms with Gasteiger partial charge >= 0.3 is 5.97 Å². The highest BCUT2D eigenvalue weighted by Crippen LogP contribution is 2.07. The Balaban J connectivity index is 2.57. The molecule has 1 rings (SSSR count). The number of hydrogen-bond acceptors (Lipinski definition) is 4. The summed E-state index contributed by atoms with van der Waals surface area (Å²) in [5.41, 5.74) is 0.715. The van der Waals surface area contributed by atoms with E-state index in [4.69, 9.17) is 5.11 Å². The van der Waals surface area contributed by atoms with E-state index < -0.39 is 0 Å². The van der Waals surface area contributed by atoms with E-state index in [9.17, 15) is 4.79 Å². The molecular formula is C6H9NO3. The molecule has 1 heterocycles. The summed E-state index contributed by atoms with van der Waals surface area (Å²) in [6.45, 7) is 0.179. The van der Waals surface area contributed by atoms with Crippen LogP contribution in [0.5, 0.6) is 0 Å². The minimum absolute atomic E-state index is 0.0948. The highest BCUT2D eigenvalue weighted by atomic mass is 16.5. The van der Waals surface area contributed by atoms with Gasteiger partial charge in [0.25, 0.3) is 0 Å². The lowest BCUT2D eigenvalue weighted by atomic mass is 10.4. The lowest BCUT2D eigenvalue weighted by Crippen LogP contribution is -2.19. The monoisotopic (exact) mass is 143 g/mol. The molecule has 4 nitrogen and oxygen atoms in total. The second-order valence-electron chi connectivity index (χ2n) is 2.08. The molecule has 56 valence electrons. The predicted octanol–water partition coefficient (Wildman–Crippen LogP) is -0.691. The number of nitrogens with zero attached hydrogens (tertiary/aromatic N) is 1. The standard InChI is InChI=1S/C6H9NO3/c1-7(4-8)5-2-6(9)10-3-5/h2,8H,3-4H2,1H3. The number of carbonyl (C=O) groups is 1. The molecule has 1 aliphatic heterocycles. The number of rotatable bonds is 2. The molecule has 0 amide bonds. The Kier molecular flexibility index (Phi) is 1.91. The number of cyclic esters (lactones) is 1. The van der Waals surface area contributed by atoms with E-state index >= 15 is 0 Å². The molecule has 0 atom stereocenters. The van der Waals surface area contributed by atoms with Crippen LogP contribution in [0, 0.1) is 0 Å². The van der Waals surface area contributed by atoms with Crippen LogP contribution in [0.2, 0.25) is 0 Å². The number of likely N-dealkylation sites (N-methyl/N-ethyl adjacent to an activating group) is 1. The van der Waals surface area contributed by atoms with Gasteiger partial charge in [0, 0.05) is 13.1 Å². The van der Waals surface area contributed by atoms with E-state index in [1.165, 1.54) is 6.08 Å². The lowest BCUT2D eigenvalue weighted by molar-refractivity contribution is -0.135. The first kappa shape index (κ1) is 7.08. The van der Waals surface area contributed by atoms with E-state index in [1.54, 1.807) is 11.9 Å². The van der Waals surface area contributed by atoms with Crippen molar-refractivity contribution in [2.45, 2.75) is 0 Å². The second kappa shape index (κ2) is 2.70. The van der Waals surface area contributed by atoms with Crippen LogP contribution in [0.1, 0.15) is 0 Å². The molecule has 1 N–H and O–H groups in total. The molecule has 0 saturated heterocycles. The molecular weight excluding hydrogens is 134 g/mol. The normalized spacial score (nSPS) is 16.6. The lowest BCUT2D eigenvalue weighted by Gasteiger charge is -2.14. The highest BCUT2D eigenvalue weighted by Gasteiger charge is 2.14. The second-order valence-corrected chi connectivity index (χ2v) is 2.08. The third-order valence-corrected chi connectivity index (χ3v) is 1.35. The quantitative estimate of drug-likeness (QED) is 0.410. The Hall–Kier alpha value is -1.03. The molecule has 10 heavy (non-hydrogen) atoms. The fourth-order valence-corrected chi connectivity index (χ4v) is 0.676. The van der Waals surface area contributed by atoms with Gasteiger partial charge in [0.1, 0.15) is 13.3 Å². The Bertz CT molecular complexity index is 176. The molecule has 0 saturated carbocycles. The molecule has 0 fully saturated rings. The molecule has 0 bridgehead atoms. The Labute approximate surface area is 58.7 Å². The largest absolute Gasteiger partial charge is 0.456 e. The van der Waals surface area contributed by atoms with Crippen LogP contribution in [-0.4, -0.2) is 36.4 Å². The van der Waals surface area contributed by atoms with Crippen molar-refractivity contribution >= 4 is 5.97 Å². The number of ether oxygens (including phenoxy) is 1. The van der Waals surface area contributed by atoms with Crippen LogP contribution in [0.3, 0.4) is 0 Å². The summed E-state index contributed by atoms with van der Waals surface area (Å²) in [5, 5.41) is 8.60. The molecule has 0 unspecified atom stereocenters. The van der Waals surface area contributed by atoms with Crippen molar-refractivity contribution in [1.29, 1.82) is 0 Å². The molecule has 0 aromatic rings. The van der Waals surface area contributed by atoms with Gasteiger partial charge in [0.2, 0.25) is 0 Å². The zero-order chi connectivity index (χ0) is 7.56. The van der Waals surface area contributed by atoms with Crippen LogP contribution in [0.15, 0.2) is 11.8 Å². The molecule has 0 spiro atoms. The average Bonchev–Trinajstić information content (AvgIpc) is 2.34. The van der Waals surface area contributed by atoms with Gasteiger partial charge in [0.15, 0.2) is 0 Å². The minimum Gasteiger partial charge on any atom is -0.456 e. The third-order valence-electron chi connectivity index (χ3n) is 1.35. The number of carbonyl (C=O) groups excluding carboxylic acids is 1. The summed E-state index contributed by atoms with van der Waals surface area (Å²) >= 11 is 0. The topological polar surface area (TPSA) is 49.8 Å². The first-order valence-corrected chi connectivity index (χ1v) is 2.93. The predicted molar refractivity (Wildman–Crippen MR) is 33.9 cm³/mol. The Morgan fingerprint density at radius 3 is 3.00 bits per heavy atom. The maximum Gasteiger partial charge on any atom is 0.333 e. The summed E-state index contributed by atoms with van der Waals surface area (Å²) in [5.74, 6) is -0.338. The smallest absolute Gasteiger partial charge is 0.333 e. The van der Waals surface area contributed by atoms with Crippen molar-refractivity contribution in [3.05, 3.63) is 11.8 Å². The van der Waals surface area contributed by atoms with Gasteiger partial charge < -0.3 is 14.7 Å². The van der Waals surface area contributed by atoms with Gasteiger partial charge in [-0.05, 0) is 0 Å². The summed E-state index contributed by atoms with van der Waals surface area (Å²) in [7, 11) is 1.69. The number of aliphatic hydroxyl groups excluding tert-OH is 1. The maximum atomic E-state index is 10.5. The first-order chi connectivity index (χ1) is 4.74. The zero-order valence-electron chi connectivity index (χ0n) is 5.70. The van der Waals surface area contributed by atoms with Crippen molar-refractivity contribution in [3.63, 3.8) is 0 Å². The van der Waals surface area contributed by atoms with Crippen LogP contribution in [0.25, 0.3) is 0 Å². The van der Waals surface area contributed by atoms with Gasteiger partial charge in [0.05, 0.1) is 5.70 Å². The first-order valence-electron chi connectivity index (χ1n) is 2.93. The zero-order valence-corrected chi connectivity index (χ0v) is 5.70. The van der Waals surface area contributed by atoms with Crippen molar-refractivity contribution in [1.82, 2.24) is 4.90 Å². The Morgan fingerprint density at radius 1 is 1.90 bits per heavy atom. The van der Waals surface area contributed by atoms with E-state index in [-0.39, 0.29) is 19.3 Å². The van der Waals surface area contributed by atoms with Crippen molar-refractivity contribution < 1.29 is 14.6 Å². The number of hydrogen-bond donors (Lipinski definition) is 1. The SMILES string of the molecule is CN(CO)C1=CC(=O)OC1. The highest BCUT2D eigenvalue weighted by molar-refractivity contribution is 5.85. The molecule has 0 aliphatic carbocycles. The fourth-order valence-electron chi connectivity index (χ4n) is 0.676.